The number of aliphatic hydroxyl groups excluding tert-OH is 1. The van der Waals surface area contributed by atoms with Crippen LogP contribution in [0.4, 0.5) is 0 Å². The van der Waals surface area contributed by atoms with E-state index in [4.69, 9.17) is 14.2 Å². The minimum atomic E-state index is -1.20. The Kier molecular flexibility index (Phi) is 7.52. The van der Waals surface area contributed by atoms with Crippen molar-refractivity contribution in [3.63, 3.8) is 0 Å². The molecule has 0 amide bonds. The van der Waals surface area contributed by atoms with E-state index in [1.165, 1.54) is 25.6 Å². The highest BCUT2D eigenvalue weighted by Gasteiger charge is 2.49. The number of rotatable bonds is 5. The summed E-state index contributed by atoms with van der Waals surface area (Å²) < 4.78 is 16.7. The molecule has 6 nitrogen and oxygen atoms in total. The van der Waals surface area contributed by atoms with E-state index >= 15 is 0 Å². The Morgan fingerprint density at radius 3 is 2.38 bits per heavy atom. The molecule has 1 aromatic rings. The second-order valence-electron chi connectivity index (χ2n) is 6.12. The van der Waals surface area contributed by atoms with Crippen molar-refractivity contribution in [1.82, 2.24) is 0 Å². The number of hydrogen-bond donors (Lipinski definition) is 1. The molecule has 0 spiro atoms. The Bertz CT molecular complexity index is 667. The Morgan fingerprint density at radius 2 is 1.85 bits per heavy atom. The van der Waals surface area contributed by atoms with Gasteiger partial charge in [0.1, 0.15) is 17.6 Å². The summed E-state index contributed by atoms with van der Waals surface area (Å²) in [7, 11) is 0. The maximum absolute atomic E-state index is 11.6. The van der Waals surface area contributed by atoms with Crippen LogP contribution in [0.3, 0.4) is 0 Å². The molecule has 144 valence electrons. The molecule has 8 heteroatoms. The van der Waals surface area contributed by atoms with Gasteiger partial charge in [-0.2, -0.15) is 0 Å². The molecule has 1 saturated heterocycles. The minimum Gasteiger partial charge on any atom is -0.456 e. The maximum Gasteiger partial charge on any atom is 0.303 e. The minimum absolute atomic E-state index is 0.534. The molecule has 2 rings (SSSR count). The van der Waals surface area contributed by atoms with Crippen LogP contribution in [0.5, 0.6) is 0 Å². The third-order valence-corrected chi connectivity index (χ3v) is 5.65. The molecular formula is C18H23BrO6S. The summed E-state index contributed by atoms with van der Waals surface area (Å²) in [5.41, 5.74) is 2.39. The van der Waals surface area contributed by atoms with Crippen LogP contribution >= 0.6 is 27.7 Å². The molecule has 26 heavy (non-hydrogen) atoms. The van der Waals surface area contributed by atoms with Crippen molar-refractivity contribution in [1.29, 1.82) is 0 Å². The van der Waals surface area contributed by atoms with Crippen LogP contribution < -0.4 is 0 Å². The van der Waals surface area contributed by atoms with Gasteiger partial charge in [-0.15, -0.1) is 11.8 Å². The molecule has 0 radical (unpaired) electrons. The van der Waals surface area contributed by atoms with E-state index in [1.807, 2.05) is 25.1 Å². The number of alkyl halides is 1. The number of carbonyl (C=O) groups excluding carboxylic acids is 2. The summed E-state index contributed by atoms with van der Waals surface area (Å²) in [5, 5.41) is 11.5. The molecule has 1 heterocycles. The molecule has 1 fully saturated rings. The first-order chi connectivity index (χ1) is 12.3. The second kappa shape index (κ2) is 9.21. The third kappa shape index (κ3) is 4.79. The standard InChI is InChI=1S/C18H23BrO6S/c1-9-5-6-12(7-13(9)8-19)15-16(23-10(2)20)14(22)17(24-11(3)21)18(25-15)26-4/h5-7,14-18,22H,8H2,1-4H3/t14-,15?,16-,17+,18-/m1/s1. The van der Waals surface area contributed by atoms with Crippen LogP contribution in [0, 0.1) is 6.92 Å². The van der Waals surface area contributed by atoms with Crippen LogP contribution in [0.15, 0.2) is 18.2 Å². The SMILES string of the molecule is CS[C@H]1OC(c2ccc(C)c(CBr)c2)[C@H](OC(C)=O)[C@@H](O)[C@@H]1OC(C)=O. The summed E-state index contributed by atoms with van der Waals surface area (Å²) >= 11 is 4.78. The van der Waals surface area contributed by atoms with E-state index in [1.54, 1.807) is 6.26 Å². The maximum atomic E-state index is 11.6. The van der Waals surface area contributed by atoms with Gasteiger partial charge < -0.3 is 19.3 Å². The van der Waals surface area contributed by atoms with Gasteiger partial charge in [-0.25, -0.2) is 0 Å². The molecule has 1 aliphatic rings. The Labute approximate surface area is 165 Å². The molecule has 1 aromatic carbocycles. The summed E-state index contributed by atoms with van der Waals surface area (Å²) in [4.78, 5) is 23.0. The molecule has 0 saturated carbocycles. The fraction of sp³-hybridized carbons (Fsp3) is 0.556. The predicted octanol–water partition coefficient (Wildman–Crippen LogP) is 2.87. The Balaban J connectivity index is 2.42. The number of aliphatic hydroxyl groups is 1. The Morgan fingerprint density at radius 1 is 1.23 bits per heavy atom. The number of hydrogen-bond acceptors (Lipinski definition) is 7. The summed E-state index contributed by atoms with van der Waals surface area (Å²) in [6, 6.07) is 5.80. The van der Waals surface area contributed by atoms with Gasteiger partial charge in [0, 0.05) is 19.2 Å². The molecule has 0 aromatic heterocycles. The van der Waals surface area contributed by atoms with Crippen molar-refractivity contribution in [3.8, 4) is 0 Å². The highest BCUT2D eigenvalue weighted by atomic mass is 79.9. The average molecular weight is 447 g/mol. The number of esters is 2. The highest BCUT2D eigenvalue weighted by Crippen LogP contribution is 2.39. The van der Waals surface area contributed by atoms with Crippen molar-refractivity contribution in [2.24, 2.45) is 0 Å². The number of halogens is 1. The van der Waals surface area contributed by atoms with Crippen LogP contribution in [0.25, 0.3) is 0 Å². The lowest BCUT2D eigenvalue weighted by Crippen LogP contribution is -2.55. The molecule has 5 atom stereocenters. The van der Waals surface area contributed by atoms with Crippen molar-refractivity contribution in [2.45, 2.75) is 56.0 Å². The topological polar surface area (TPSA) is 82.1 Å². The van der Waals surface area contributed by atoms with Crippen molar-refractivity contribution in [2.75, 3.05) is 6.26 Å². The summed E-state index contributed by atoms with van der Waals surface area (Å²) in [6.45, 7) is 4.53. The first kappa shape index (κ1) is 21.2. The first-order valence-electron chi connectivity index (χ1n) is 8.14. The van der Waals surface area contributed by atoms with Crippen LogP contribution in [-0.2, 0) is 29.1 Å². The van der Waals surface area contributed by atoms with Gasteiger partial charge in [-0.05, 0) is 29.9 Å². The zero-order valence-electron chi connectivity index (χ0n) is 15.1. The number of carbonyl (C=O) groups is 2. The predicted molar refractivity (Wildman–Crippen MR) is 102 cm³/mol. The molecule has 1 N–H and O–H groups in total. The van der Waals surface area contributed by atoms with Gasteiger partial charge >= 0.3 is 11.9 Å². The molecular weight excluding hydrogens is 424 g/mol. The number of ether oxygens (including phenoxy) is 3. The average Bonchev–Trinajstić information content (AvgIpc) is 2.58. The first-order valence-corrected chi connectivity index (χ1v) is 10.6. The van der Waals surface area contributed by atoms with E-state index in [0.29, 0.717) is 5.33 Å². The van der Waals surface area contributed by atoms with E-state index in [0.717, 1.165) is 16.7 Å². The molecule has 0 bridgehead atoms. The quantitative estimate of drug-likeness (QED) is 0.549. The fourth-order valence-corrected chi connectivity index (χ4v) is 4.26. The van der Waals surface area contributed by atoms with Crippen LogP contribution in [-0.4, -0.2) is 47.0 Å². The smallest absolute Gasteiger partial charge is 0.303 e. The third-order valence-electron chi connectivity index (χ3n) is 4.20. The lowest BCUT2D eigenvalue weighted by molar-refractivity contribution is -0.224. The van der Waals surface area contributed by atoms with Crippen LogP contribution in [0.2, 0.25) is 0 Å². The number of aryl methyl sites for hydroxylation is 1. The van der Waals surface area contributed by atoms with Crippen molar-refractivity contribution >= 4 is 39.6 Å². The molecule has 1 unspecified atom stereocenters. The van der Waals surface area contributed by atoms with Crippen molar-refractivity contribution < 1.29 is 28.9 Å². The van der Waals surface area contributed by atoms with Gasteiger partial charge in [0.25, 0.3) is 0 Å². The Hall–Kier alpha value is -1.09. The largest absolute Gasteiger partial charge is 0.456 e. The van der Waals surface area contributed by atoms with E-state index < -0.39 is 41.8 Å². The summed E-state index contributed by atoms with van der Waals surface area (Å²) in [6.07, 6.45) is -1.98. The second-order valence-corrected chi connectivity index (χ2v) is 7.62. The van der Waals surface area contributed by atoms with E-state index in [-0.39, 0.29) is 0 Å². The zero-order valence-corrected chi connectivity index (χ0v) is 17.5. The highest BCUT2D eigenvalue weighted by molar-refractivity contribution is 9.08. The van der Waals surface area contributed by atoms with Gasteiger partial charge in [-0.3, -0.25) is 9.59 Å². The zero-order chi connectivity index (χ0) is 19.4. The van der Waals surface area contributed by atoms with Gasteiger partial charge in [0.2, 0.25) is 0 Å². The fourth-order valence-electron chi connectivity index (χ4n) is 2.94. The monoisotopic (exact) mass is 446 g/mol. The number of benzene rings is 1. The van der Waals surface area contributed by atoms with E-state index in [2.05, 4.69) is 15.9 Å². The lowest BCUT2D eigenvalue weighted by Gasteiger charge is -2.43. The van der Waals surface area contributed by atoms with E-state index in [9.17, 15) is 14.7 Å². The molecule has 0 aliphatic carbocycles. The summed E-state index contributed by atoms with van der Waals surface area (Å²) in [5.74, 6) is -1.08. The van der Waals surface area contributed by atoms with Crippen LogP contribution in [0.1, 0.15) is 36.6 Å². The van der Waals surface area contributed by atoms with Gasteiger partial charge in [0.05, 0.1) is 0 Å². The lowest BCUT2D eigenvalue weighted by atomic mass is 9.92. The normalized spacial score (nSPS) is 28.5. The van der Waals surface area contributed by atoms with Gasteiger partial charge in [0.15, 0.2) is 12.2 Å². The van der Waals surface area contributed by atoms with Crippen molar-refractivity contribution in [3.05, 3.63) is 34.9 Å². The van der Waals surface area contributed by atoms with Gasteiger partial charge in [-0.1, -0.05) is 34.1 Å². The number of thioether (sulfide) groups is 1. The molecule has 1 aliphatic heterocycles.